The van der Waals surface area contributed by atoms with Gasteiger partial charge < -0.3 is 11.1 Å². The molecule has 2 aromatic carbocycles. The van der Waals surface area contributed by atoms with Crippen LogP contribution in [0, 0.1) is 0 Å². The molecule has 0 heterocycles. The summed E-state index contributed by atoms with van der Waals surface area (Å²) < 4.78 is 0. The number of hydrogen-bond donors (Lipinski definition) is 2. The van der Waals surface area contributed by atoms with Gasteiger partial charge in [-0.25, -0.2) is 0 Å². The number of nitrogens with one attached hydrogen (secondary N) is 1. The molecule has 0 aliphatic carbocycles. The summed E-state index contributed by atoms with van der Waals surface area (Å²) in [7, 11) is 0. The quantitative estimate of drug-likeness (QED) is 0.781. The smallest absolute Gasteiger partial charge is 0.156 e. The van der Waals surface area contributed by atoms with Gasteiger partial charge >= 0.3 is 0 Å². The Morgan fingerprint density at radius 2 is 1.41 bits per heavy atom. The average molecular weight is 296 g/mol. The molecular formula is C18H20N2O2. The summed E-state index contributed by atoms with van der Waals surface area (Å²) in [4.78, 5) is 23.2. The Morgan fingerprint density at radius 3 is 2.05 bits per heavy atom. The van der Waals surface area contributed by atoms with Gasteiger partial charge in [0.2, 0.25) is 0 Å². The van der Waals surface area contributed by atoms with Gasteiger partial charge in [-0.05, 0) is 23.3 Å². The standard InChI is InChI=1S/C18H20N2O2/c19-12-17(21)10-15-6-8-16(9-7-15)20-13-18(22)11-14-4-2-1-3-5-14/h1-9,20H,10-13,19H2. The predicted molar refractivity (Wildman–Crippen MR) is 87.9 cm³/mol. The van der Waals surface area contributed by atoms with Crippen LogP contribution in [0.15, 0.2) is 54.6 Å². The number of hydrogen-bond acceptors (Lipinski definition) is 4. The van der Waals surface area contributed by atoms with E-state index in [2.05, 4.69) is 5.32 Å². The first-order chi connectivity index (χ1) is 10.7. The van der Waals surface area contributed by atoms with Crippen molar-refractivity contribution in [3.63, 3.8) is 0 Å². The normalized spacial score (nSPS) is 10.2. The highest BCUT2D eigenvalue weighted by Gasteiger charge is 2.04. The third-order valence-corrected chi connectivity index (χ3v) is 3.32. The molecule has 0 bridgehead atoms. The maximum absolute atomic E-state index is 11.9. The van der Waals surface area contributed by atoms with Crippen LogP contribution in [0.4, 0.5) is 5.69 Å². The van der Waals surface area contributed by atoms with E-state index >= 15 is 0 Å². The molecule has 2 aromatic rings. The third-order valence-electron chi connectivity index (χ3n) is 3.32. The van der Waals surface area contributed by atoms with Crippen LogP contribution in [0.25, 0.3) is 0 Å². The lowest BCUT2D eigenvalue weighted by atomic mass is 10.1. The first-order valence-corrected chi connectivity index (χ1v) is 7.27. The van der Waals surface area contributed by atoms with Gasteiger partial charge in [0.25, 0.3) is 0 Å². The maximum atomic E-state index is 11.9. The molecule has 0 amide bonds. The molecule has 2 rings (SSSR count). The first-order valence-electron chi connectivity index (χ1n) is 7.27. The fourth-order valence-electron chi connectivity index (χ4n) is 2.13. The Kier molecular flexibility index (Phi) is 5.86. The van der Waals surface area contributed by atoms with E-state index in [1.165, 1.54) is 0 Å². The molecule has 0 aromatic heterocycles. The first kappa shape index (κ1) is 15.9. The van der Waals surface area contributed by atoms with Crippen molar-refractivity contribution in [3.05, 3.63) is 65.7 Å². The monoisotopic (exact) mass is 296 g/mol. The number of carbonyl (C=O) groups excluding carboxylic acids is 2. The van der Waals surface area contributed by atoms with Crippen molar-refractivity contribution in [1.29, 1.82) is 0 Å². The second kappa shape index (κ2) is 8.10. The number of ketones is 2. The summed E-state index contributed by atoms with van der Waals surface area (Å²) in [5.74, 6) is 0.146. The summed E-state index contributed by atoms with van der Waals surface area (Å²) in [6, 6.07) is 17.2. The molecule has 0 radical (unpaired) electrons. The second-order valence-electron chi connectivity index (χ2n) is 5.17. The van der Waals surface area contributed by atoms with Crippen molar-refractivity contribution in [1.82, 2.24) is 0 Å². The van der Waals surface area contributed by atoms with E-state index in [4.69, 9.17) is 5.73 Å². The molecule has 4 heteroatoms. The summed E-state index contributed by atoms with van der Waals surface area (Å²) in [6.45, 7) is 0.351. The van der Waals surface area contributed by atoms with E-state index in [1.54, 1.807) is 0 Å². The summed E-state index contributed by atoms with van der Waals surface area (Å²) in [6.07, 6.45) is 0.778. The lowest BCUT2D eigenvalue weighted by Crippen LogP contribution is -2.16. The SMILES string of the molecule is NCC(=O)Cc1ccc(NCC(=O)Cc2ccccc2)cc1. The molecule has 0 aliphatic heterocycles. The van der Waals surface area contributed by atoms with Crippen molar-refractivity contribution in [2.24, 2.45) is 5.73 Å². The molecule has 0 saturated heterocycles. The molecule has 114 valence electrons. The highest BCUT2D eigenvalue weighted by molar-refractivity contribution is 5.85. The Hall–Kier alpha value is -2.46. The molecule has 4 nitrogen and oxygen atoms in total. The highest BCUT2D eigenvalue weighted by Crippen LogP contribution is 2.10. The van der Waals surface area contributed by atoms with Gasteiger partial charge in [-0.1, -0.05) is 42.5 Å². The van der Waals surface area contributed by atoms with Gasteiger partial charge in [0, 0.05) is 18.5 Å². The Labute approximate surface area is 130 Å². The number of nitrogens with two attached hydrogens (primary N) is 1. The Balaban J connectivity index is 1.81. The van der Waals surface area contributed by atoms with Crippen molar-refractivity contribution < 1.29 is 9.59 Å². The largest absolute Gasteiger partial charge is 0.378 e. The Bertz CT molecular complexity index is 621. The lowest BCUT2D eigenvalue weighted by molar-refractivity contribution is -0.117. The molecule has 0 unspecified atom stereocenters. The molecule has 0 spiro atoms. The predicted octanol–water partition coefficient (Wildman–Crippen LogP) is 1.98. The van der Waals surface area contributed by atoms with Crippen LogP contribution in [-0.2, 0) is 22.4 Å². The van der Waals surface area contributed by atoms with Crippen molar-refractivity contribution >= 4 is 17.3 Å². The fraction of sp³-hybridized carbons (Fsp3) is 0.222. The highest BCUT2D eigenvalue weighted by atomic mass is 16.1. The molecule has 3 N–H and O–H groups in total. The lowest BCUT2D eigenvalue weighted by Gasteiger charge is -2.07. The maximum Gasteiger partial charge on any atom is 0.156 e. The van der Waals surface area contributed by atoms with E-state index in [9.17, 15) is 9.59 Å². The van der Waals surface area contributed by atoms with Crippen LogP contribution in [-0.4, -0.2) is 24.7 Å². The second-order valence-corrected chi connectivity index (χ2v) is 5.17. The topological polar surface area (TPSA) is 72.2 Å². The number of benzene rings is 2. The molecule has 0 atom stereocenters. The van der Waals surface area contributed by atoms with Gasteiger partial charge in [0.1, 0.15) is 0 Å². The molecular weight excluding hydrogens is 276 g/mol. The van der Waals surface area contributed by atoms with Crippen LogP contribution in [0.2, 0.25) is 0 Å². The minimum Gasteiger partial charge on any atom is -0.378 e. The fourth-order valence-corrected chi connectivity index (χ4v) is 2.13. The summed E-state index contributed by atoms with van der Waals surface area (Å²) >= 11 is 0. The summed E-state index contributed by atoms with van der Waals surface area (Å²) in [5, 5.41) is 3.10. The zero-order chi connectivity index (χ0) is 15.8. The molecule has 0 saturated carbocycles. The van der Waals surface area contributed by atoms with Crippen LogP contribution in [0.3, 0.4) is 0 Å². The zero-order valence-corrected chi connectivity index (χ0v) is 12.4. The van der Waals surface area contributed by atoms with Crippen LogP contribution < -0.4 is 11.1 Å². The average Bonchev–Trinajstić information content (AvgIpc) is 2.55. The van der Waals surface area contributed by atoms with E-state index in [-0.39, 0.29) is 24.7 Å². The Morgan fingerprint density at radius 1 is 0.818 bits per heavy atom. The number of rotatable bonds is 8. The minimum absolute atomic E-state index is 0.0127. The van der Waals surface area contributed by atoms with Crippen molar-refractivity contribution in [2.75, 3.05) is 18.4 Å². The van der Waals surface area contributed by atoms with E-state index in [0.717, 1.165) is 16.8 Å². The van der Waals surface area contributed by atoms with Gasteiger partial charge in [0.05, 0.1) is 13.1 Å². The van der Waals surface area contributed by atoms with Gasteiger partial charge in [-0.2, -0.15) is 0 Å². The molecule has 0 fully saturated rings. The van der Waals surface area contributed by atoms with E-state index in [0.29, 0.717) is 12.8 Å². The number of anilines is 1. The number of carbonyl (C=O) groups is 2. The van der Waals surface area contributed by atoms with Gasteiger partial charge in [-0.15, -0.1) is 0 Å². The summed E-state index contributed by atoms with van der Waals surface area (Å²) in [5.41, 5.74) is 8.11. The minimum atomic E-state index is 0.0127. The van der Waals surface area contributed by atoms with Gasteiger partial charge in [0.15, 0.2) is 11.6 Å². The molecule has 22 heavy (non-hydrogen) atoms. The van der Waals surface area contributed by atoms with Crippen LogP contribution >= 0.6 is 0 Å². The van der Waals surface area contributed by atoms with Gasteiger partial charge in [-0.3, -0.25) is 9.59 Å². The van der Waals surface area contributed by atoms with Crippen molar-refractivity contribution in [2.45, 2.75) is 12.8 Å². The third kappa shape index (κ3) is 5.14. The zero-order valence-electron chi connectivity index (χ0n) is 12.4. The van der Waals surface area contributed by atoms with E-state index in [1.807, 2.05) is 54.6 Å². The van der Waals surface area contributed by atoms with Crippen LogP contribution in [0.5, 0.6) is 0 Å². The van der Waals surface area contributed by atoms with E-state index < -0.39 is 0 Å². The number of Topliss-reactive ketones (excluding diaryl/α,β-unsaturated/α-hetero) is 2. The molecule has 0 aliphatic rings. The van der Waals surface area contributed by atoms with Crippen molar-refractivity contribution in [3.8, 4) is 0 Å². The van der Waals surface area contributed by atoms with Crippen LogP contribution in [0.1, 0.15) is 11.1 Å².